The van der Waals surface area contributed by atoms with E-state index in [1.807, 2.05) is 0 Å². The molecule has 7 nitrogen and oxygen atoms in total. The molecule has 3 aromatic carbocycles. The Morgan fingerprint density at radius 1 is 1.06 bits per heavy atom. The number of ether oxygens (including phenoxy) is 2. The number of aromatic hydroxyl groups is 1. The van der Waals surface area contributed by atoms with Crippen molar-refractivity contribution < 1.29 is 24.2 Å². The van der Waals surface area contributed by atoms with Crippen molar-refractivity contribution in [1.29, 1.82) is 0 Å². The van der Waals surface area contributed by atoms with Gasteiger partial charge < -0.3 is 14.6 Å². The zero-order valence-electron chi connectivity index (χ0n) is 16.5. The molecule has 0 bridgehead atoms. The normalized spacial score (nSPS) is 10.6. The lowest BCUT2D eigenvalue weighted by molar-refractivity contribution is 0.0728. The van der Waals surface area contributed by atoms with E-state index in [1.165, 1.54) is 18.3 Å². The second-order valence-electron chi connectivity index (χ2n) is 6.25. The van der Waals surface area contributed by atoms with E-state index in [1.54, 1.807) is 61.5 Å². The number of phenols is 1. The molecule has 2 N–H and O–H groups in total. The average molecular weight is 439 g/mol. The number of carbonyl (C=O) groups excluding carboxylic acids is 2. The fraction of sp³-hybridized carbons (Fsp3) is 0.0870. The quantitative estimate of drug-likeness (QED) is 0.246. The summed E-state index contributed by atoms with van der Waals surface area (Å²) in [7, 11) is 0. The van der Waals surface area contributed by atoms with Gasteiger partial charge in [0.1, 0.15) is 5.75 Å². The molecule has 1 amide bonds. The van der Waals surface area contributed by atoms with Crippen LogP contribution in [0.2, 0.25) is 5.02 Å². The van der Waals surface area contributed by atoms with Gasteiger partial charge in [0.05, 0.1) is 23.9 Å². The van der Waals surface area contributed by atoms with Crippen LogP contribution in [0.15, 0.2) is 71.8 Å². The highest BCUT2D eigenvalue weighted by molar-refractivity contribution is 6.30. The highest BCUT2D eigenvalue weighted by Gasteiger charge is 2.13. The van der Waals surface area contributed by atoms with E-state index < -0.39 is 11.9 Å². The molecule has 0 saturated carbocycles. The molecule has 0 fully saturated rings. The molecule has 0 aliphatic carbocycles. The van der Waals surface area contributed by atoms with Gasteiger partial charge in [0.15, 0.2) is 11.5 Å². The molecule has 0 aliphatic rings. The van der Waals surface area contributed by atoms with E-state index in [2.05, 4.69) is 10.5 Å². The predicted octanol–water partition coefficient (Wildman–Crippen LogP) is 4.43. The minimum absolute atomic E-state index is 0.110. The number of hydrogen-bond acceptors (Lipinski definition) is 6. The predicted molar refractivity (Wildman–Crippen MR) is 117 cm³/mol. The number of esters is 1. The third kappa shape index (κ3) is 5.83. The molecule has 158 valence electrons. The maximum absolute atomic E-state index is 12.4. The summed E-state index contributed by atoms with van der Waals surface area (Å²) >= 11 is 5.84. The molecule has 3 rings (SSSR count). The number of nitrogens with zero attached hydrogens (tertiary/aromatic N) is 1. The first-order valence-corrected chi connectivity index (χ1v) is 9.71. The van der Waals surface area contributed by atoms with Crippen LogP contribution in [-0.2, 0) is 0 Å². The summed E-state index contributed by atoms with van der Waals surface area (Å²) in [6, 6.07) is 17.3. The van der Waals surface area contributed by atoms with Crippen molar-refractivity contribution in [3.63, 3.8) is 0 Å². The van der Waals surface area contributed by atoms with Crippen molar-refractivity contribution in [2.45, 2.75) is 6.92 Å². The smallest absolute Gasteiger partial charge is 0.343 e. The number of rotatable bonds is 7. The average Bonchev–Trinajstić information content (AvgIpc) is 2.76. The van der Waals surface area contributed by atoms with Gasteiger partial charge in [-0.3, -0.25) is 4.79 Å². The fourth-order valence-electron chi connectivity index (χ4n) is 2.59. The van der Waals surface area contributed by atoms with Gasteiger partial charge in [0.2, 0.25) is 0 Å². The van der Waals surface area contributed by atoms with Crippen molar-refractivity contribution in [3.05, 3.63) is 88.4 Å². The monoisotopic (exact) mass is 438 g/mol. The lowest BCUT2D eigenvalue weighted by Crippen LogP contribution is -2.17. The number of carbonyl (C=O) groups is 2. The Hall–Kier alpha value is -3.84. The van der Waals surface area contributed by atoms with Crippen LogP contribution in [0.3, 0.4) is 0 Å². The Kier molecular flexibility index (Phi) is 7.24. The van der Waals surface area contributed by atoms with Gasteiger partial charge in [0, 0.05) is 5.02 Å². The summed E-state index contributed by atoms with van der Waals surface area (Å²) in [6.07, 6.45) is 1.41. The maximum Gasteiger partial charge on any atom is 0.343 e. The summed E-state index contributed by atoms with van der Waals surface area (Å²) in [4.78, 5) is 24.4. The largest absolute Gasteiger partial charge is 0.507 e. The van der Waals surface area contributed by atoms with E-state index in [4.69, 9.17) is 21.1 Å². The summed E-state index contributed by atoms with van der Waals surface area (Å²) in [5, 5.41) is 14.1. The summed E-state index contributed by atoms with van der Waals surface area (Å²) < 4.78 is 11.0. The molecule has 0 aromatic heterocycles. The fourth-order valence-corrected chi connectivity index (χ4v) is 2.72. The van der Waals surface area contributed by atoms with Crippen LogP contribution in [0.4, 0.5) is 0 Å². The van der Waals surface area contributed by atoms with Crippen molar-refractivity contribution in [2.75, 3.05) is 6.61 Å². The van der Waals surface area contributed by atoms with Gasteiger partial charge in [-0.1, -0.05) is 23.7 Å². The molecule has 31 heavy (non-hydrogen) atoms. The number of halogens is 1. The third-order valence-electron chi connectivity index (χ3n) is 4.08. The zero-order chi connectivity index (χ0) is 22.2. The molecule has 0 spiro atoms. The number of hydrazone groups is 1. The van der Waals surface area contributed by atoms with Crippen molar-refractivity contribution >= 4 is 29.7 Å². The maximum atomic E-state index is 12.4. The van der Waals surface area contributed by atoms with Gasteiger partial charge >= 0.3 is 5.97 Å². The molecular weight excluding hydrogens is 420 g/mol. The van der Waals surface area contributed by atoms with Crippen LogP contribution in [0, 0.1) is 0 Å². The highest BCUT2D eigenvalue weighted by Crippen LogP contribution is 2.29. The number of nitrogens with one attached hydrogen (secondary N) is 1. The summed E-state index contributed by atoms with van der Waals surface area (Å²) in [5.41, 5.74) is 3.41. The van der Waals surface area contributed by atoms with Crippen LogP contribution < -0.4 is 14.9 Å². The lowest BCUT2D eigenvalue weighted by atomic mass is 10.2. The van der Waals surface area contributed by atoms with Gasteiger partial charge in [-0.25, -0.2) is 10.2 Å². The molecule has 0 atom stereocenters. The Bertz CT molecular complexity index is 1110. The molecule has 0 heterocycles. The molecular formula is C23H19ClN2O5. The van der Waals surface area contributed by atoms with Gasteiger partial charge in [0.25, 0.3) is 5.91 Å². The Morgan fingerprint density at radius 3 is 2.52 bits per heavy atom. The molecule has 0 unspecified atom stereocenters. The van der Waals surface area contributed by atoms with Crippen molar-refractivity contribution in [3.8, 4) is 17.2 Å². The summed E-state index contributed by atoms with van der Waals surface area (Å²) in [6.45, 7) is 2.16. The molecule has 0 saturated heterocycles. The van der Waals surface area contributed by atoms with E-state index in [0.717, 1.165) is 0 Å². The van der Waals surface area contributed by atoms with Crippen LogP contribution in [0.25, 0.3) is 0 Å². The minimum Gasteiger partial charge on any atom is -0.507 e. The van der Waals surface area contributed by atoms with E-state index in [9.17, 15) is 14.7 Å². The van der Waals surface area contributed by atoms with E-state index in [-0.39, 0.29) is 17.1 Å². The first-order chi connectivity index (χ1) is 15.0. The van der Waals surface area contributed by atoms with Crippen molar-refractivity contribution in [2.24, 2.45) is 5.10 Å². The first-order valence-electron chi connectivity index (χ1n) is 9.34. The van der Waals surface area contributed by atoms with Crippen LogP contribution >= 0.6 is 11.6 Å². The summed E-state index contributed by atoms with van der Waals surface area (Å²) in [5.74, 6) is -0.638. The highest BCUT2D eigenvalue weighted by atomic mass is 35.5. The topological polar surface area (TPSA) is 97.2 Å². The minimum atomic E-state index is -0.548. The lowest BCUT2D eigenvalue weighted by Gasteiger charge is -2.11. The number of benzene rings is 3. The zero-order valence-corrected chi connectivity index (χ0v) is 17.3. The van der Waals surface area contributed by atoms with Crippen molar-refractivity contribution in [1.82, 2.24) is 5.43 Å². The number of amides is 1. The third-order valence-corrected chi connectivity index (χ3v) is 4.33. The Labute approximate surface area is 183 Å². The van der Waals surface area contributed by atoms with Crippen LogP contribution in [0.1, 0.15) is 33.2 Å². The second kappa shape index (κ2) is 10.3. The Balaban J connectivity index is 1.71. The molecule has 3 aromatic rings. The Morgan fingerprint density at radius 2 is 1.81 bits per heavy atom. The number of hydrogen-bond donors (Lipinski definition) is 2. The number of phenolic OH excluding ortho intramolecular Hbond substituents is 1. The second-order valence-corrected chi connectivity index (χ2v) is 6.69. The SMILES string of the molecule is CCOc1cc(/C=N\NC(=O)c2ccccc2O)ccc1OC(=O)c1ccc(Cl)cc1. The van der Waals surface area contributed by atoms with Gasteiger partial charge in [-0.15, -0.1) is 0 Å². The van der Waals surface area contributed by atoms with Gasteiger partial charge in [-0.2, -0.15) is 5.10 Å². The molecule has 0 aliphatic heterocycles. The first kappa shape index (κ1) is 21.9. The molecule has 8 heteroatoms. The van der Waals surface area contributed by atoms with Crippen LogP contribution in [-0.4, -0.2) is 29.8 Å². The standard InChI is InChI=1S/C23H19ClN2O5/c1-2-30-21-13-15(14-25-26-22(28)18-5-3-4-6-19(18)27)7-12-20(21)31-23(29)16-8-10-17(24)11-9-16/h3-14,27H,2H2,1H3,(H,26,28)/b25-14-. The van der Waals surface area contributed by atoms with E-state index >= 15 is 0 Å². The number of para-hydroxylation sites is 1. The van der Waals surface area contributed by atoms with E-state index in [0.29, 0.717) is 28.5 Å². The molecule has 0 radical (unpaired) electrons. The van der Waals surface area contributed by atoms with Crippen LogP contribution in [0.5, 0.6) is 17.2 Å². The van der Waals surface area contributed by atoms with Gasteiger partial charge in [-0.05, 0) is 67.1 Å².